The summed E-state index contributed by atoms with van der Waals surface area (Å²) in [6.45, 7) is 14.7. The number of methoxy groups -OCH3 is 2. The zero-order valence-corrected chi connectivity index (χ0v) is 43.8. The second-order valence-corrected chi connectivity index (χ2v) is 20.2. The maximum Gasteiger partial charge on any atom is 0.245 e. The minimum atomic E-state index is -1.01. The molecule has 1 aromatic heterocycles. The van der Waals surface area contributed by atoms with Crippen molar-refractivity contribution in [2.45, 2.75) is 149 Å². The molecule has 0 saturated carbocycles. The smallest absolute Gasteiger partial charge is 0.245 e. The van der Waals surface area contributed by atoms with Gasteiger partial charge in [-0.3, -0.25) is 33.6 Å². The van der Waals surface area contributed by atoms with Crippen LogP contribution in [0.2, 0.25) is 0 Å². The van der Waals surface area contributed by atoms with Crippen LogP contribution >= 0.6 is 11.3 Å². The molecule has 9 atom stereocenters. The number of nitrogens with zero attached hydrogens (tertiary/aromatic N) is 4. The first kappa shape index (κ1) is 58.3. The maximum atomic E-state index is 14.5. The van der Waals surface area contributed by atoms with E-state index in [-0.39, 0.29) is 54.0 Å². The first-order valence-electron chi connectivity index (χ1n) is 24.3. The van der Waals surface area contributed by atoms with Gasteiger partial charge in [-0.1, -0.05) is 78.8 Å². The molecule has 2 aromatic rings. The van der Waals surface area contributed by atoms with Crippen molar-refractivity contribution in [1.29, 1.82) is 0 Å². The van der Waals surface area contributed by atoms with Gasteiger partial charge in [-0.2, -0.15) is 0 Å². The molecule has 1 saturated heterocycles. The average Bonchev–Trinajstić information content (AvgIpc) is 4.03. The van der Waals surface area contributed by atoms with Gasteiger partial charge >= 0.3 is 0 Å². The van der Waals surface area contributed by atoms with Crippen molar-refractivity contribution in [2.24, 2.45) is 29.4 Å². The van der Waals surface area contributed by atoms with E-state index in [1.165, 1.54) is 37.3 Å². The molecule has 0 spiro atoms. The van der Waals surface area contributed by atoms with Gasteiger partial charge in [0.05, 0.1) is 49.2 Å². The summed E-state index contributed by atoms with van der Waals surface area (Å²) in [5, 5.41) is 14.0. The van der Waals surface area contributed by atoms with Crippen molar-refractivity contribution in [1.82, 2.24) is 41.0 Å². The molecule has 1 fully saturated rings. The number of amides is 7. The molecule has 1 aromatic carbocycles. The van der Waals surface area contributed by atoms with Crippen molar-refractivity contribution in [3.05, 3.63) is 52.5 Å². The standard InChI is InChI=1S/C50H81N9O9S/c1-30(2)42(56-48(65)44(32(5)6)57(9)41(62)29-53-47(64)36(54-34(8)60)21-16-17-23-51)50(66)58(10)43(31(3)4)39(67-11)28-40(61)59-25-18-22-38(59)45(68-12)33(7)46(63)55-37(49-52-24-26-69-49)27-35-19-14-13-15-20-35/h13-15,19-20,24,26,30-33,36-39,42-45H,16-18,21-23,25,27-29,51H2,1-12H3,(H,53,64)(H,54,60)(H,55,63)(H,56,65)/t33-,36+,37+,38+,39-,42+,43+,44?,45-/m1/s1. The number of rotatable bonds is 28. The lowest BCUT2D eigenvalue weighted by Crippen LogP contribution is -2.60. The lowest BCUT2D eigenvalue weighted by atomic mass is 9.91. The Balaban J connectivity index is 1.74. The molecule has 69 heavy (non-hydrogen) atoms. The lowest BCUT2D eigenvalue weighted by molar-refractivity contribution is -0.148. The third kappa shape index (κ3) is 16.8. The van der Waals surface area contributed by atoms with Crippen LogP contribution < -0.4 is 27.0 Å². The summed E-state index contributed by atoms with van der Waals surface area (Å²) < 4.78 is 12.1. The summed E-state index contributed by atoms with van der Waals surface area (Å²) in [6, 6.07) is 5.75. The molecule has 18 nitrogen and oxygen atoms in total. The molecule has 1 unspecified atom stereocenters. The van der Waals surface area contributed by atoms with Gasteiger partial charge in [-0.15, -0.1) is 11.3 Å². The highest BCUT2D eigenvalue weighted by Gasteiger charge is 2.43. The number of nitrogens with two attached hydrogens (primary N) is 1. The van der Waals surface area contributed by atoms with Crippen LogP contribution in [0.4, 0.5) is 0 Å². The predicted molar refractivity (Wildman–Crippen MR) is 266 cm³/mol. The molecule has 19 heteroatoms. The first-order valence-corrected chi connectivity index (χ1v) is 25.2. The van der Waals surface area contributed by atoms with Gasteiger partial charge in [0, 0.05) is 53.4 Å². The zero-order chi connectivity index (χ0) is 51.5. The fraction of sp³-hybridized carbons (Fsp3) is 0.680. The number of ether oxygens (including phenoxy) is 2. The molecule has 2 heterocycles. The van der Waals surface area contributed by atoms with E-state index in [2.05, 4.69) is 26.3 Å². The van der Waals surface area contributed by atoms with Gasteiger partial charge in [0.2, 0.25) is 41.4 Å². The van der Waals surface area contributed by atoms with E-state index in [1.807, 2.05) is 70.3 Å². The highest BCUT2D eigenvalue weighted by molar-refractivity contribution is 7.09. The second kappa shape index (κ2) is 28.6. The lowest BCUT2D eigenvalue weighted by Gasteiger charge is -2.40. The molecule has 386 valence electrons. The molecular weight excluding hydrogens is 903 g/mol. The number of hydrogen-bond donors (Lipinski definition) is 5. The highest BCUT2D eigenvalue weighted by Crippen LogP contribution is 2.30. The largest absolute Gasteiger partial charge is 0.379 e. The number of hydrogen-bond acceptors (Lipinski definition) is 12. The Hall–Kier alpha value is -4.98. The Morgan fingerprint density at radius 2 is 1.54 bits per heavy atom. The second-order valence-electron chi connectivity index (χ2n) is 19.2. The van der Waals surface area contributed by atoms with Gasteiger partial charge < -0.3 is 51.2 Å². The summed E-state index contributed by atoms with van der Waals surface area (Å²) in [5.74, 6) is -4.32. The van der Waals surface area contributed by atoms with E-state index in [0.29, 0.717) is 45.2 Å². The normalized spacial score (nSPS) is 17.3. The Labute approximate surface area is 413 Å². The number of thiazole rings is 1. The third-order valence-corrected chi connectivity index (χ3v) is 13.9. The fourth-order valence-electron chi connectivity index (χ4n) is 9.42. The van der Waals surface area contributed by atoms with Crippen LogP contribution in [0.15, 0.2) is 41.9 Å². The Bertz CT molecular complexity index is 1950. The molecular formula is C50H81N9O9S. The van der Waals surface area contributed by atoms with Crippen molar-refractivity contribution >= 4 is 52.7 Å². The fourth-order valence-corrected chi connectivity index (χ4v) is 10.1. The first-order chi connectivity index (χ1) is 32.7. The minimum absolute atomic E-state index is 0.0511. The average molecular weight is 984 g/mol. The third-order valence-electron chi connectivity index (χ3n) is 13.1. The number of likely N-dealkylation sites (tertiary alicyclic amines) is 1. The number of carbonyl (C=O) groups is 7. The number of unbranched alkanes of at least 4 members (excludes halogenated alkanes) is 1. The maximum absolute atomic E-state index is 14.5. The Morgan fingerprint density at radius 3 is 2.09 bits per heavy atom. The highest BCUT2D eigenvalue weighted by atomic mass is 32.1. The van der Waals surface area contributed by atoms with Gasteiger partial charge in [0.25, 0.3) is 0 Å². The van der Waals surface area contributed by atoms with Crippen molar-refractivity contribution in [3.63, 3.8) is 0 Å². The molecule has 1 aliphatic rings. The van der Waals surface area contributed by atoms with E-state index in [1.54, 1.807) is 44.0 Å². The number of aromatic nitrogens is 1. The summed E-state index contributed by atoms with van der Waals surface area (Å²) in [4.78, 5) is 104. The van der Waals surface area contributed by atoms with Crippen LogP contribution in [-0.2, 0) is 49.5 Å². The topological polar surface area (TPSA) is 235 Å². The summed E-state index contributed by atoms with van der Waals surface area (Å²) in [7, 11) is 6.19. The molecule has 0 aliphatic carbocycles. The van der Waals surface area contributed by atoms with E-state index in [4.69, 9.17) is 15.2 Å². The van der Waals surface area contributed by atoms with Crippen LogP contribution in [0.5, 0.6) is 0 Å². The Kier molecular flexibility index (Phi) is 24.2. The van der Waals surface area contributed by atoms with E-state index >= 15 is 0 Å². The van der Waals surface area contributed by atoms with Crippen LogP contribution in [-0.4, -0.2) is 151 Å². The number of carbonyl (C=O) groups excluding carboxylic acids is 7. The molecule has 0 radical (unpaired) electrons. The van der Waals surface area contributed by atoms with Gasteiger partial charge in [-0.05, 0) is 68.4 Å². The van der Waals surface area contributed by atoms with E-state index < -0.39 is 72.5 Å². The predicted octanol–water partition coefficient (Wildman–Crippen LogP) is 3.45. The van der Waals surface area contributed by atoms with Crippen LogP contribution in [0, 0.1) is 23.7 Å². The van der Waals surface area contributed by atoms with E-state index in [0.717, 1.165) is 17.0 Å². The van der Waals surface area contributed by atoms with Crippen molar-refractivity contribution in [2.75, 3.05) is 47.9 Å². The number of benzene rings is 1. The van der Waals surface area contributed by atoms with Crippen LogP contribution in [0.25, 0.3) is 0 Å². The van der Waals surface area contributed by atoms with Gasteiger partial charge in [0.15, 0.2) is 0 Å². The van der Waals surface area contributed by atoms with Crippen LogP contribution in [0.1, 0.15) is 111 Å². The molecule has 6 N–H and O–H groups in total. The number of likely N-dealkylation sites (N-methyl/N-ethyl adjacent to an activating group) is 2. The molecule has 3 rings (SSSR count). The van der Waals surface area contributed by atoms with Gasteiger partial charge in [-0.25, -0.2) is 4.98 Å². The minimum Gasteiger partial charge on any atom is -0.379 e. The SMILES string of the molecule is CO[C@H]([C@@H](C)C(=O)N[C@@H](Cc1ccccc1)c1nccs1)[C@@H]1CCCN1C(=O)C[C@@H](OC)[C@H](C(C)C)N(C)C(=O)[C@@H](NC(=O)C(C(C)C)N(C)C(=O)CNC(=O)[C@H](CCCCN)NC(C)=O)C(C)C. The molecule has 1 aliphatic heterocycles. The Morgan fingerprint density at radius 1 is 0.855 bits per heavy atom. The molecule has 7 amide bonds. The number of nitrogens with one attached hydrogen (secondary N) is 4. The monoisotopic (exact) mass is 984 g/mol. The summed E-state index contributed by atoms with van der Waals surface area (Å²) in [5.41, 5.74) is 6.66. The molecule has 0 bridgehead atoms. The van der Waals surface area contributed by atoms with Crippen LogP contribution in [0.3, 0.4) is 0 Å². The quantitative estimate of drug-likeness (QED) is 0.0775. The summed E-state index contributed by atoms with van der Waals surface area (Å²) >= 11 is 1.48. The van der Waals surface area contributed by atoms with Crippen molar-refractivity contribution < 1.29 is 43.0 Å². The van der Waals surface area contributed by atoms with E-state index in [9.17, 15) is 33.6 Å². The zero-order valence-electron chi connectivity index (χ0n) is 43.0. The van der Waals surface area contributed by atoms with Gasteiger partial charge in [0.1, 0.15) is 23.1 Å². The summed E-state index contributed by atoms with van der Waals surface area (Å²) in [6.07, 6.45) is 3.89. The van der Waals surface area contributed by atoms with Crippen molar-refractivity contribution in [3.8, 4) is 0 Å².